The highest BCUT2D eigenvalue weighted by atomic mass is 32.2. The Kier molecular flexibility index (Phi) is 7.67. The van der Waals surface area contributed by atoms with Gasteiger partial charge >= 0.3 is 5.97 Å². The second-order valence-corrected chi connectivity index (χ2v) is 9.07. The molecule has 1 unspecified atom stereocenters. The topological polar surface area (TPSA) is 93.1 Å². The lowest BCUT2D eigenvalue weighted by Gasteiger charge is -2.32. The van der Waals surface area contributed by atoms with Crippen LogP contribution in [0.5, 0.6) is 0 Å². The third-order valence-corrected chi connectivity index (χ3v) is 6.09. The molecule has 0 spiro atoms. The summed E-state index contributed by atoms with van der Waals surface area (Å²) in [6.07, 6.45) is 2.74. The van der Waals surface area contributed by atoms with Crippen molar-refractivity contribution in [1.29, 1.82) is 0 Å². The summed E-state index contributed by atoms with van der Waals surface area (Å²) in [6.45, 7) is 7.19. The molecule has 2 rings (SSSR count). The summed E-state index contributed by atoms with van der Waals surface area (Å²) in [5.41, 5.74) is 0. The predicted molar refractivity (Wildman–Crippen MR) is 93.8 cm³/mol. The predicted octanol–water partition coefficient (Wildman–Crippen LogP) is 1.58. The number of rotatable bonds is 7. The SMILES string of the molecule is CC(C)C1CCC(C(=O)OC(CN2CCOCC2)CS(=O)(=O)O)CC1. The van der Waals surface area contributed by atoms with E-state index in [1.54, 1.807) is 0 Å². The van der Waals surface area contributed by atoms with Gasteiger partial charge in [-0.25, -0.2) is 0 Å². The van der Waals surface area contributed by atoms with Crippen LogP contribution in [0.1, 0.15) is 39.5 Å². The molecule has 1 heterocycles. The van der Waals surface area contributed by atoms with Crippen LogP contribution < -0.4 is 0 Å². The smallest absolute Gasteiger partial charge is 0.309 e. The second-order valence-electron chi connectivity index (χ2n) is 7.58. The first kappa shape index (κ1) is 20.6. The van der Waals surface area contributed by atoms with Gasteiger partial charge in [0.2, 0.25) is 0 Å². The highest BCUT2D eigenvalue weighted by molar-refractivity contribution is 7.85. The fraction of sp³-hybridized carbons (Fsp3) is 0.941. The van der Waals surface area contributed by atoms with Crippen LogP contribution in [-0.4, -0.2) is 68.5 Å². The maximum Gasteiger partial charge on any atom is 0.309 e. The van der Waals surface area contributed by atoms with Gasteiger partial charge < -0.3 is 9.47 Å². The molecule has 1 N–H and O–H groups in total. The van der Waals surface area contributed by atoms with Crippen molar-refractivity contribution in [3.8, 4) is 0 Å². The molecule has 25 heavy (non-hydrogen) atoms. The number of carbonyl (C=O) groups is 1. The van der Waals surface area contributed by atoms with E-state index in [1.807, 2.05) is 4.90 Å². The van der Waals surface area contributed by atoms with Crippen molar-refractivity contribution in [3.05, 3.63) is 0 Å². The Bertz CT molecular complexity index is 521. The fourth-order valence-corrected chi connectivity index (χ4v) is 4.36. The minimum Gasteiger partial charge on any atom is -0.460 e. The van der Waals surface area contributed by atoms with Crippen LogP contribution in [0.4, 0.5) is 0 Å². The molecule has 0 aromatic carbocycles. The Labute approximate surface area is 150 Å². The molecule has 0 radical (unpaired) electrons. The normalized spacial score (nSPS) is 27.2. The number of nitrogens with zero attached hydrogens (tertiary/aromatic N) is 1. The van der Waals surface area contributed by atoms with E-state index in [0.717, 1.165) is 25.7 Å². The lowest BCUT2D eigenvalue weighted by molar-refractivity contribution is -0.155. The molecule has 0 amide bonds. The number of carbonyl (C=O) groups excluding carboxylic acids is 1. The summed E-state index contributed by atoms with van der Waals surface area (Å²) < 4.78 is 42.5. The zero-order chi connectivity index (χ0) is 18.4. The van der Waals surface area contributed by atoms with Gasteiger partial charge in [-0.15, -0.1) is 0 Å². The minimum absolute atomic E-state index is 0.163. The quantitative estimate of drug-likeness (QED) is 0.532. The van der Waals surface area contributed by atoms with Crippen molar-refractivity contribution in [1.82, 2.24) is 4.90 Å². The van der Waals surface area contributed by atoms with Crippen molar-refractivity contribution >= 4 is 16.1 Å². The number of hydrogen-bond donors (Lipinski definition) is 1. The maximum absolute atomic E-state index is 12.5. The molecule has 1 atom stereocenters. The summed E-state index contributed by atoms with van der Waals surface area (Å²) in [4.78, 5) is 14.5. The molecule has 2 aliphatic rings. The lowest BCUT2D eigenvalue weighted by Crippen LogP contribution is -2.45. The molecule has 7 nitrogen and oxygen atoms in total. The van der Waals surface area contributed by atoms with Crippen molar-refractivity contribution < 1.29 is 27.2 Å². The maximum atomic E-state index is 12.5. The third-order valence-electron chi connectivity index (χ3n) is 5.29. The molecule has 1 aliphatic carbocycles. The first-order valence-corrected chi connectivity index (χ1v) is 10.8. The van der Waals surface area contributed by atoms with E-state index in [9.17, 15) is 17.8 Å². The zero-order valence-electron chi connectivity index (χ0n) is 15.2. The first-order chi connectivity index (χ1) is 11.7. The van der Waals surface area contributed by atoms with Crippen molar-refractivity contribution in [2.24, 2.45) is 17.8 Å². The number of hydrogen-bond acceptors (Lipinski definition) is 6. The van der Waals surface area contributed by atoms with E-state index in [0.29, 0.717) is 44.7 Å². The Morgan fingerprint density at radius 3 is 2.32 bits per heavy atom. The van der Waals surface area contributed by atoms with Gasteiger partial charge in [-0.1, -0.05) is 13.8 Å². The van der Waals surface area contributed by atoms with Crippen molar-refractivity contribution in [3.63, 3.8) is 0 Å². The Morgan fingerprint density at radius 2 is 1.80 bits per heavy atom. The van der Waals surface area contributed by atoms with Crippen LogP contribution >= 0.6 is 0 Å². The van der Waals surface area contributed by atoms with E-state index >= 15 is 0 Å². The average Bonchev–Trinajstić information content (AvgIpc) is 2.54. The van der Waals surface area contributed by atoms with E-state index in [-0.39, 0.29) is 11.9 Å². The van der Waals surface area contributed by atoms with E-state index in [4.69, 9.17) is 9.47 Å². The van der Waals surface area contributed by atoms with Crippen LogP contribution in [0.2, 0.25) is 0 Å². The van der Waals surface area contributed by atoms with Gasteiger partial charge in [0.05, 0.1) is 19.1 Å². The molecule has 1 saturated heterocycles. The van der Waals surface area contributed by atoms with Gasteiger partial charge in [-0.3, -0.25) is 14.2 Å². The average molecular weight is 378 g/mol. The van der Waals surface area contributed by atoms with Crippen LogP contribution in [0.3, 0.4) is 0 Å². The van der Waals surface area contributed by atoms with Crippen LogP contribution in [0, 0.1) is 17.8 Å². The zero-order valence-corrected chi connectivity index (χ0v) is 16.0. The largest absolute Gasteiger partial charge is 0.460 e. The van der Waals surface area contributed by atoms with Gasteiger partial charge in [0.15, 0.2) is 0 Å². The standard InChI is InChI=1S/C17H31NO6S/c1-13(2)14-3-5-15(6-4-14)17(19)24-16(12-25(20,21)22)11-18-7-9-23-10-8-18/h13-16H,3-12H2,1-2H3,(H,20,21,22). The van der Waals surface area contributed by atoms with Gasteiger partial charge in [0.25, 0.3) is 10.1 Å². The molecular formula is C17H31NO6S. The van der Waals surface area contributed by atoms with E-state index < -0.39 is 22.0 Å². The summed E-state index contributed by atoms with van der Waals surface area (Å²) in [6, 6.07) is 0. The summed E-state index contributed by atoms with van der Waals surface area (Å²) >= 11 is 0. The van der Waals surface area contributed by atoms with Gasteiger partial charge in [-0.05, 0) is 37.5 Å². The lowest BCUT2D eigenvalue weighted by atomic mass is 9.77. The van der Waals surface area contributed by atoms with E-state index in [2.05, 4.69) is 13.8 Å². The number of esters is 1. The molecule has 146 valence electrons. The van der Waals surface area contributed by atoms with Crippen LogP contribution in [0.15, 0.2) is 0 Å². The Hall–Kier alpha value is -0.700. The van der Waals surface area contributed by atoms with Gasteiger partial charge in [0.1, 0.15) is 11.9 Å². The molecule has 2 fully saturated rings. The molecule has 8 heteroatoms. The molecule has 1 saturated carbocycles. The molecule has 0 aromatic heterocycles. The monoisotopic (exact) mass is 377 g/mol. The highest BCUT2D eigenvalue weighted by Crippen LogP contribution is 2.34. The molecule has 0 bridgehead atoms. The first-order valence-electron chi connectivity index (χ1n) is 9.20. The summed E-state index contributed by atoms with van der Waals surface area (Å²) in [7, 11) is -4.21. The van der Waals surface area contributed by atoms with Crippen molar-refractivity contribution in [2.75, 3.05) is 38.6 Å². The summed E-state index contributed by atoms with van der Waals surface area (Å²) in [5.74, 6) is 0.210. The van der Waals surface area contributed by atoms with E-state index in [1.165, 1.54) is 0 Å². The third kappa shape index (κ3) is 7.21. The van der Waals surface area contributed by atoms with Crippen LogP contribution in [-0.2, 0) is 24.4 Å². The second kappa shape index (κ2) is 9.30. The number of morpholine rings is 1. The Balaban J connectivity index is 1.89. The summed E-state index contributed by atoms with van der Waals surface area (Å²) in [5, 5.41) is 0. The highest BCUT2D eigenvalue weighted by Gasteiger charge is 2.32. The number of ether oxygens (including phenoxy) is 2. The molecular weight excluding hydrogens is 346 g/mol. The Morgan fingerprint density at radius 1 is 1.20 bits per heavy atom. The molecule has 0 aromatic rings. The fourth-order valence-electron chi connectivity index (χ4n) is 3.71. The van der Waals surface area contributed by atoms with Crippen molar-refractivity contribution in [2.45, 2.75) is 45.6 Å². The van der Waals surface area contributed by atoms with Gasteiger partial charge in [0, 0.05) is 19.6 Å². The minimum atomic E-state index is -4.21. The molecule has 1 aliphatic heterocycles. The van der Waals surface area contributed by atoms with Crippen LogP contribution in [0.25, 0.3) is 0 Å². The van der Waals surface area contributed by atoms with Gasteiger partial charge in [-0.2, -0.15) is 8.42 Å².